The van der Waals surface area contributed by atoms with E-state index in [1.54, 1.807) is 12.6 Å². The Morgan fingerprint density at radius 3 is 2.34 bits per heavy atom. The van der Waals surface area contributed by atoms with Gasteiger partial charge in [-0.1, -0.05) is 48.5 Å². The molecule has 2 saturated heterocycles. The number of benzene rings is 2. The van der Waals surface area contributed by atoms with Crippen LogP contribution in [0, 0.1) is 0 Å². The van der Waals surface area contributed by atoms with Crippen molar-refractivity contribution in [1.82, 2.24) is 15.7 Å². The number of carbonyl (C=O) groups is 2. The average molecular weight is 570 g/mol. The van der Waals surface area contributed by atoms with Gasteiger partial charge in [0, 0.05) is 51.1 Å². The van der Waals surface area contributed by atoms with E-state index in [1.807, 2.05) is 48.5 Å². The summed E-state index contributed by atoms with van der Waals surface area (Å²) >= 11 is 0. The second-order valence-electron chi connectivity index (χ2n) is 10.9. The maximum Gasteiger partial charge on any atom is 0.243 e. The number of amides is 2. The van der Waals surface area contributed by atoms with Crippen molar-refractivity contribution in [2.75, 3.05) is 26.8 Å². The third-order valence-electron chi connectivity index (χ3n) is 7.84. The molecule has 2 aliphatic heterocycles. The molecule has 10 heteroatoms. The molecule has 4 rings (SSSR count). The third kappa shape index (κ3) is 9.32. The van der Waals surface area contributed by atoms with Crippen LogP contribution in [0.1, 0.15) is 79.6 Å². The highest BCUT2D eigenvalue weighted by molar-refractivity contribution is 5.76. The summed E-state index contributed by atoms with van der Waals surface area (Å²) in [4.78, 5) is 25.7. The minimum atomic E-state index is -0.528. The first-order valence-electron chi connectivity index (χ1n) is 14.5. The van der Waals surface area contributed by atoms with Gasteiger partial charge in [-0.05, 0) is 48.9 Å². The van der Waals surface area contributed by atoms with Crippen molar-refractivity contribution in [1.29, 1.82) is 0 Å². The number of rotatable bonds is 14. The van der Waals surface area contributed by atoms with Crippen molar-refractivity contribution in [2.24, 2.45) is 0 Å². The quantitative estimate of drug-likeness (QED) is 0.155. The van der Waals surface area contributed by atoms with E-state index in [2.05, 4.69) is 10.2 Å². The van der Waals surface area contributed by atoms with Gasteiger partial charge in [0.25, 0.3) is 0 Å². The van der Waals surface area contributed by atoms with Gasteiger partial charge >= 0.3 is 0 Å². The molecule has 2 aromatic rings. The first-order chi connectivity index (χ1) is 20.0. The molecule has 0 aromatic heterocycles. The Morgan fingerprint density at radius 2 is 1.66 bits per heavy atom. The Balaban J connectivity index is 1.37. The monoisotopic (exact) mass is 569 g/mol. The first-order valence-corrected chi connectivity index (χ1v) is 14.5. The molecule has 0 saturated carbocycles. The minimum Gasteiger partial charge on any atom is -0.392 e. The minimum absolute atomic E-state index is 0.00612. The van der Waals surface area contributed by atoms with Crippen LogP contribution in [0.4, 0.5) is 0 Å². The summed E-state index contributed by atoms with van der Waals surface area (Å²) in [7, 11) is 1.75. The Labute approximate surface area is 241 Å². The predicted molar refractivity (Wildman–Crippen MR) is 152 cm³/mol. The largest absolute Gasteiger partial charge is 0.392 e. The van der Waals surface area contributed by atoms with Gasteiger partial charge in [0.05, 0.1) is 25.4 Å². The summed E-state index contributed by atoms with van der Waals surface area (Å²) in [5.41, 5.74) is 5.40. The number of nitrogens with one attached hydrogen (secondary N) is 2. The second-order valence-corrected chi connectivity index (χ2v) is 10.9. The van der Waals surface area contributed by atoms with Gasteiger partial charge in [0.15, 0.2) is 6.29 Å². The van der Waals surface area contributed by atoms with Crippen molar-refractivity contribution in [3.63, 3.8) is 0 Å². The zero-order valence-electron chi connectivity index (χ0n) is 23.8. The molecule has 2 fully saturated rings. The Bertz CT molecular complexity index is 1100. The number of hydrogen-bond acceptors (Lipinski definition) is 8. The zero-order valence-corrected chi connectivity index (χ0v) is 23.8. The van der Waals surface area contributed by atoms with E-state index < -0.39 is 12.2 Å². The molecule has 2 aliphatic rings. The maximum absolute atomic E-state index is 12.2. The number of unbranched alkanes of at least 4 members (excludes halogenated alkanes) is 1. The molecular formula is C31H43N3O7. The predicted octanol–water partition coefficient (Wildman–Crippen LogP) is 3.52. The molecule has 0 aliphatic carbocycles. The van der Waals surface area contributed by atoms with Crippen LogP contribution in [0.25, 0.3) is 0 Å². The molecule has 0 bridgehead atoms. The number of carbonyl (C=O) groups excluding carboxylic acids is 2. The van der Waals surface area contributed by atoms with Crippen LogP contribution >= 0.6 is 0 Å². The molecular weight excluding hydrogens is 526 g/mol. The van der Waals surface area contributed by atoms with E-state index in [9.17, 15) is 14.7 Å². The lowest BCUT2D eigenvalue weighted by molar-refractivity contribution is -0.253. The van der Waals surface area contributed by atoms with Gasteiger partial charge in [-0.25, -0.2) is 5.48 Å². The van der Waals surface area contributed by atoms with Crippen LogP contribution in [-0.4, -0.2) is 66.0 Å². The smallest absolute Gasteiger partial charge is 0.243 e. The fraction of sp³-hybridized carbons (Fsp3) is 0.548. The van der Waals surface area contributed by atoms with Crippen molar-refractivity contribution < 1.29 is 34.1 Å². The normalized spacial score (nSPS) is 22.9. The summed E-state index contributed by atoms with van der Waals surface area (Å²) in [5, 5.41) is 20.9. The molecule has 10 nitrogen and oxygen atoms in total. The zero-order chi connectivity index (χ0) is 29.0. The van der Waals surface area contributed by atoms with Crippen LogP contribution < -0.4 is 10.8 Å². The molecule has 2 amide bonds. The molecule has 41 heavy (non-hydrogen) atoms. The number of hydrogen-bond donors (Lipinski definition) is 4. The summed E-state index contributed by atoms with van der Waals surface area (Å²) in [6.45, 7) is 2.98. The van der Waals surface area contributed by atoms with E-state index >= 15 is 0 Å². The first kappa shape index (κ1) is 31.1. The van der Waals surface area contributed by atoms with Gasteiger partial charge in [-0.2, -0.15) is 0 Å². The lowest BCUT2D eigenvalue weighted by atomic mass is 9.99. The lowest BCUT2D eigenvalue weighted by Gasteiger charge is -2.38. The molecule has 4 N–H and O–H groups in total. The highest BCUT2D eigenvalue weighted by Gasteiger charge is 2.35. The van der Waals surface area contributed by atoms with Crippen molar-refractivity contribution in [3.8, 4) is 0 Å². The van der Waals surface area contributed by atoms with Crippen LogP contribution in [-0.2, 0) is 37.0 Å². The third-order valence-corrected chi connectivity index (χ3v) is 7.84. The highest BCUT2D eigenvalue weighted by atomic mass is 16.7. The summed E-state index contributed by atoms with van der Waals surface area (Å²) < 4.78 is 18.4. The standard InChI is InChI=1S/C31H43N3O7/c1-39-21-26-5-4-16-34(26)19-27-17-28(24-12-10-23(20-35)11-13-24)41-31(40-27)25-14-8-22(9-15-25)18-32-29(36)6-2-3-7-30(37)33-38/h8-15,26-28,31,35,38H,2-7,16-21H2,1H3,(H,32,36)(H,33,37). The van der Waals surface area contributed by atoms with E-state index in [0.29, 0.717) is 31.8 Å². The number of likely N-dealkylation sites (tertiary alicyclic amines) is 1. The van der Waals surface area contributed by atoms with E-state index in [0.717, 1.165) is 61.2 Å². The molecule has 0 spiro atoms. The van der Waals surface area contributed by atoms with Crippen LogP contribution in [0.2, 0.25) is 0 Å². The summed E-state index contributed by atoms with van der Waals surface area (Å²) in [5.74, 6) is -0.524. The number of methoxy groups -OCH3 is 1. The average Bonchev–Trinajstić information content (AvgIpc) is 3.44. The Hall–Kier alpha value is -2.86. The van der Waals surface area contributed by atoms with Gasteiger partial charge in [-0.15, -0.1) is 0 Å². The van der Waals surface area contributed by atoms with Crippen molar-refractivity contribution in [3.05, 3.63) is 70.8 Å². The van der Waals surface area contributed by atoms with Crippen molar-refractivity contribution >= 4 is 11.8 Å². The van der Waals surface area contributed by atoms with Gasteiger partial charge in [0.1, 0.15) is 0 Å². The molecule has 224 valence electrons. The molecule has 0 radical (unpaired) electrons. The fourth-order valence-corrected chi connectivity index (χ4v) is 5.52. The number of ether oxygens (including phenoxy) is 3. The molecule has 4 atom stereocenters. The molecule has 4 unspecified atom stereocenters. The SMILES string of the molecule is COCC1CCCN1CC1CC(c2ccc(CO)cc2)OC(c2ccc(CNC(=O)CCCCC(=O)NO)cc2)O1. The van der Waals surface area contributed by atoms with E-state index in [-0.39, 0.29) is 31.1 Å². The number of nitrogens with zero attached hydrogens (tertiary/aromatic N) is 1. The topological polar surface area (TPSA) is 130 Å². The second kappa shape index (κ2) is 16.0. The molecule has 2 heterocycles. The maximum atomic E-state index is 12.2. The summed E-state index contributed by atoms with van der Waals surface area (Å²) in [6.07, 6.45) is 3.96. The van der Waals surface area contributed by atoms with Gasteiger partial charge < -0.3 is 24.6 Å². The highest BCUT2D eigenvalue weighted by Crippen LogP contribution is 2.38. The Kier molecular flexibility index (Phi) is 12.1. The van der Waals surface area contributed by atoms with Crippen LogP contribution in [0.3, 0.4) is 0 Å². The number of hydroxylamine groups is 1. The number of aliphatic hydroxyl groups is 1. The fourth-order valence-electron chi connectivity index (χ4n) is 5.52. The van der Waals surface area contributed by atoms with E-state index in [1.165, 1.54) is 0 Å². The van der Waals surface area contributed by atoms with Gasteiger partial charge in [0.2, 0.25) is 11.8 Å². The van der Waals surface area contributed by atoms with Crippen LogP contribution in [0.5, 0.6) is 0 Å². The van der Waals surface area contributed by atoms with E-state index in [4.69, 9.17) is 19.4 Å². The Morgan fingerprint density at radius 1 is 0.976 bits per heavy atom. The van der Waals surface area contributed by atoms with Crippen LogP contribution in [0.15, 0.2) is 48.5 Å². The lowest BCUT2D eigenvalue weighted by Crippen LogP contribution is -2.42. The van der Waals surface area contributed by atoms with Crippen molar-refractivity contribution in [2.45, 2.75) is 82.6 Å². The summed E-state index contributed by atoms with van der Waals surface area (Å²) in [6, 6.07) is 16.2. The molecule has 2 aromatic carbocycles. The number of aliphatic hydroxyl groups excluding tert-OH is 1. The van der Waals surface area contributed by atoms with Gasteiger partial charge in [-0.3, -0.25) is 19.7 Å².